The average molecular weight is 479 g/mol. The summed E-state index contributed by atoms with van der Waals surface area (Å²) in [6.45, 7) is 0.969. The van der Waals surface area contributed by atoms with Crippen LogP contribution in [0.4, 0.5) is 0 Å². The zero-order valence-corrected chi connectivity index (χ0v) is 19.7. The third-order valence-electron chi connectivity index (χ3n) is 5.88. The molecule has 10 heteroatoms. The van der Waals surface area contributed by atoms with Crippen LogP contribution < -0.4 is 10.3 Å². The van der Waals surface area contributed by atoms with Crippen molar-refractivity contribution in [3.8, 4) is 17.7 Å². The van der Waals surface area contributed by atoms with Gasteiger partial charge in [0.25, 0.3) is 5.56 Å². The van der Waals surface area contributed by atoms with Gasteiger partial charge in [0.05, 0.1) is 5.52 Å². The zero-order valence-electron chi connectivity index (χ0n) is 19.7. The van der Waals surface area contributed by atoms with Gasteiger partial charge in [-0.25, -0.2) is 24.6 Å². The fourth-order valence-corrected chi connectivity index (χ4v) is 4.10. The average Bonchev–Trinajstić information content (AvgIpc) is 3.23. The number of para-hydroxylation sites is 1. The maximum absolute atomic E-state index is 13.6. The minimum absolute atomic E-state index is 0.120. The molecular weight excluding hydrogens is 456 g/mol. The molecule has 0 saturated heterocycles. The van der Waals surface area contributed by atoms with Crippen LogP contribution in [0.25, 0.3) is 33.5 Å². The maximum atomic E-state index is 13.6. The fourth-order valence-electron chi connectivity index (χ4n) is 4.10. The van der Waals surface area contributed by atoms with Crippen molar-refractivity contribution < 1.29 is 4.74 Å². The van der Waals surface area contributed by atoms with Gasteiger partial charge in [-0.15, -0.1) is 0 Å². The molecule has 0 fully saturated rings. The van der Waals surface area contributed by atoms with Gasteiger partial charge >= 0.3 is 6.01 Å². The van der Waals surface area contributed by atoms with Crippen LogP contribution >= 0.6 is 0 Å². The maximum Gasteiger partial charge on any atom is 0.324 e. The third-order valence-corrected chi connectivity index (χ3v) is 5.88. The Morgan fingerprint density at radius 2 is 1.67 bits per heavy atom. The van der Waals surface area contributed by atoms with Gasteiger partial charge in [-0.1, -0.05) is 24.3 Å². The van der Waals surface area contributed by atoms with Crippen molar-refractivity contribution in [2.75, 3.05) is 20.6 Å². The lowest BCUT2D eigenvalue weighted by atomic mass is 10.1. The Morgan fingerprint density at radius 1 is 0.889 bits per heavy atom. The van der Waals surface area contributed by atoms with Crippen LogP contribution in [0.1, 0.15) is 5.56 Å². The fraction of sp³-hybridized carbons (Fsp3) is 0.154. The van der Waals surface area contributed by atoms with Gasteiger partial charge in [-0.3, -0.25) is 4.79 Å². The second kappa shape index (κ2) is 8.82. The minimum Gasteiger partial charge on any atom is -0.424 e. The second-order valence-corrected chi connectivity index (χ2v) is 8.62. The first-order valence-electron chi connectivity index (χ1n) is 11.5. The summed E-state index contributed by atoms with van der Waals surface area (Å²) in [7, 11) is 4.10. The lowest BCUT2D eigenvalue weighted by molar-refractivity contribution is 0.413. The van der Waals surface area contributed by atoms with Crippen LogP contribution in [0.5, 0.6) is 11.8 Å². The molecule has 4 heterocycles. The number of likely N-dealkylation sites (N-methyl/N-ethyl adjacent to an activating group) is 1. The monoisotopic (exact) mass is 478 g/mol. The van der Waals surface area contributed by atoms with Gasteiger partial charge in [0.1, 0.15) is 11.1 Å². The predicted octanol–water partition coefficient (Wildman–Crippen LogP) is 3.27. The topological polar surface area (TPSA) is 103 Å². The SMILES string of the molecule is CN(C)CCc1ccc(Oc2ncc3c(=O)n4c(nc3n2)c2ccccc2n4-c2ncccn2)cc1. The molecule has 178 valence electrons. The van der Waals surface area contributed by atoms with Crippen molar-refractivity contribution in [2.24, 2.45) is 0 Å². The predicted molar refractivity (Wildman–Crippen MR) is 136 cm³/mol. The van der Waals surface area contributed by atoms with Crippen molar-refractivity contribution in [1.29, 1.82) is 0 Å². The highest BCUT2D eigenvalue weighted by Gasteiger charge is 2.19. The lowest BCUT2D eigenvalue weighted by Crippen LogP contribution is -2.22. The minimum atomic E-state index is -0.324. The van der Waals surface area contributed by atoms with Crippen LogP contribution in [-0.2, 0) is 6.42 Å². The second-order valence-electron chi connectivity index (χ2n) is 8.62. The summed E-state index contributed by atoms with van der Waals surface area (Å²) in [5, 5.41) is 1.04. The van der Waals surface area contributed by atoms with E-state index in [1.807, 2.05) is 48.5 Å². The molecule has 6 aromatic rings. The van der Waals surface area contributed by atoms with Gasteiger partial charge in [-0.2, -0.15) is 9.50 Å². The molecule has 0 aliphatic rings. The van der Waals surface area contributed by atoms with E-state index in [-0.39, 0.29) is 22.6 Å². The van der Waals surface area contributed by atoms with Gasteiger partial charge in [-0.05, 0) is 56.4 Å². The summed E-state index contributed by atoms with van der Waals surface area (Å²) in [5.41, 5.74) is 2.35. The molecule has 0 N–H and O–H groups in total. The van der Waals surface area contributed by atoms with Gasteiger partial charge in [0.2, 0.25) is 5.95 Å². The van der Waals surface area contributed by atoms with E-state index in [2.05, 4.69) is 38.9 Å². The Balaban J connectivity index is 1.43. The standard InChI is InChI=1S/C26H22N8O2/c1-32(2)15-12-17-8-10-18(11-9-17)36-26-29-16-20-22(31-26)30-23-19-6-3-4-7-21(19)33(34(23)24(20)35)25-27-13-5-14-28-25/h3-11,13-14,16H,12,15H2,1-2H3. The highest BCUT2D eigenvalue weighted by Crippen LogP contribution is 2.24. The normalized spacial score (nSPS) is 11.6. The molecule has 0 aliphatic carbocycles. The molecule has 0 bridgehead atoms. The van der Waals surface area contributed by atoms with Crippen molar-refractivity contribution in [1.82, 2.24) is 39.0 Å². The van der Waals surface area contributed by atoms with Gasteiger partial charge in [0, 0.05) is 30.5 Å². The van der Waals surface area contributed by atoms with E-state index >= 15 is 0 Å². The first kappa shape index (κ1) is 21.8. The highest BCUT2D eigenvalue weighted by atomic mass is 16.5. The van der Waals surface area contributed by atoms with Crippen molar-refractivity contribution >= 4 is 27.6 Å². The summed E-state index contributed by atoms with van der Waals surface area (Å²) in [5.74, 6) is 0.973. The molecule has 0 atom stereocenters. The number of benzene rings is 2. The lowest BCUT2D eigenvalue weighted by Gasteiger charge is -2.10. The van der Waals surface area contributed by atoms with Gasteiger partial charge in [0.15, 0.2) is 11.3 Å². The van der Waals surface area contributed by atoms with Crippen LogP contribution in [0, 0.1) is 0 Å². The van der Waals surface area contributed by atoms with E-state index in [0.29, 0.717) is 17.3 Å². The van der Waals surface area contributed by atoms with E-state index in [4.69, 9.17) is 9.72 Å². The summed E-state index contributed by atoms with van der Waals surface area (Å²) in [4.78, 5) is 37.9. The van der Waals surface area contributed by atoms with Crippen LogP contribution in [-0.4, -0.2) is 59.7 Å². The summed E-state index contributed by atoms with van der Waals surface area (Å²) >= 11 is 0. The van der Waals surface area contributed by atoms with Crippen LogP contribution in [0.15, 0.2) is 78.0 Å². The summed E-state index contributed by atoms with van der Waals surface area (Å²) in [6, 6.07) is 17.2. The zero-order chi connectivity index (χ0) is 24.6. The summed E-state index contributed by atoms with van der Waals surface area (Å²) in [6.07, 6.45) is 5.65. The Bertz CT molecular complexity index is 1760. The number of nitrogens with zero attached hydrogens (tertiary/aromatic N) is 8. The van der Waals surface area contributed by atoms with E-state index in [1.54, 1.807) is 23.1 Å². The largest absolute Gasteiger partial charge is 0.424 e. The molecule has 0 spiro atoms. The van der Waals surface area contributed by atoms with E-state index in [9.17, 15) is 4.79 Å². The molecule has 0 aliphatic heterocycles. The van der Waals surface area contributed by atoms with E-state index in [1.165, 1.54) is 16.3 Å². The van der Waals surface area contributed by atoms with E-state index in [0.717, 1.165) is 23.9 Å². The number of ether oxygens (including phenoxy) is 1. The van der Waals surface area contributed by atoms with Crippen LogP contribution in [0.2, 0.25) is 0 Å². The molecule has 6 rings (SSSR count). The van der Waals surface area contributed by atoms with E-state index < -0.39 is 0 Å². The molecular formula is C26H22N8O2. The smallest absolute Gasteiger partial charge is 0.324 e. The molecule has 0 radical (unpaired) electrons. The molecule has 10 nitrogen and oxygen atoms in total. The molecule has 0 amide bonds. The molecule has 4 aromatic heterocycles. The summed E-state index contributed by atoms with van der Waals surface area (Å²) < 4.78 is 8.99. The number of aromatic nitrogens is 7. The Labute approximate surface area is 205 Å². The van der Waals surface area contributed by atoms with Gasteiger partial charge < -0.3 is 9.64 Å². The highest BCUT2D eigenvalue weighted by molar-refractivity contribution is 5.95. The quantitative estimate of drug-likeness (QED) is 0.359. The van der Waals surface area contributed by atoms with Crippen molar-refractivity contribution in [3.05, 3.63) is 89.1 Å². The molecule has 2 aromatic carbocycles. The molecule has 36 heavy (non-hydrogen) atoms. The third kappa shape index (κ3) is 3.83. The first-order valence-corrected chi connectivity index (χ1v) is 11.5. The number of fused-ring (bicyclic) bond motifs is 4. The van der Waals surface area contributed by atoms with Crippen molar-refractivity contribution in [2.45, 2.75) is 6.42 Å². The number of hydrogen-bond donors (Lipinski definition) is 0. The van der Waals surface area contributed by atoms with Crippen LogP contribution in [0.3, 0.4) is 0 Å². The Kier molecular flexibility index (Phi) is 5.34. The Hall–Kier alpha value is -4.70. The molecule has 0 unspecified atom stereocenters. The van der Waals surface area contributed by atoms with Crippen molar-refractivity contribution in [3.63, 3.8) is 0 Å². The number of rotatable bonds is 6. The first-order chi connectivity index (χ1) is 17.6. The molecule has 0 saturated carbocycles. The number of hydrogen-bond acceptors (Lipinski definition) is 8. The Morgan fingerprint density at radius 3 is 2.44 bits per heavy atom.